The molecule has 1 amide bonds. The van der Waals surface area contributed by atoms with Crippen LogP contribution in [0, 0.1) is 6.92 Å². The zero-order valence-electron chi connectivity index (χ0n) is 17.3. The smallest absolute Gasteiger partial charge is 0.435 e. The quantitative estimate of drug-likeness (QED) is 0.505. The van der Waals surface area contributed by atoms with Gasteiger partial charge in [0, 0.05) is 10.6 Å². The zero-order chi connectivity index (χ0) is 24.8. The summed E-state index contributed by atoms with van der Waals surface area (Å²) in [5, 5.41) is 9.49. The molecule has 2 aromatic carbocycles. The van der Waals surface area contributed by atoms with E-state index in [0.717, 1.165) is 35.9 Å². The van der Waals surface area contributed by atoms with Crippen LogP contribution in [0.3, 0.4) is 0 Å². The molecular formula is C22H15ClF3N3O4S. The van der Waals surface area contributed by atoms with Crippen LogP contribution in [-0.2, 0) is 14.8 Å². The van der Waals surface area contributed by atoms with Gasteiger partial charge >= 0.3 is 6.18 Å². The van der Waals surface area contributed by atoms with Gasteiger partial charge in [-0.2, -0.15) is 23.3 Å². The molecule has 1 aliphatic rings. The third-order valence-corrected chi connectivity index (χ3v) is 6.34. The predicted octanol–water partition coefficient (Wildman–Crippen LogP) is 4.90. The highest BCUT2D eigenvalue weighted by atomic mass is 35.5. The Balaban J connectivity index is 1.72. The molecule has 0 radical (unpaired) electrons. The minimum absolute atomic E-state index is 0.00102. The van der Waals surface area contributed by atoms with Gasteiger partial charge in [0.2, 0.25) is 10.0 Å². The van der Waals surface area contributed by atoms with Gasteiger partial charge in [-0.15, -0.1) is 0 Å². The van der Waals surface area contributed by atoms with Crippen molar-refractivity contribution in [3.63, 3.8) is 0 Å². The van der Waals surface area contributed by atoms with Crippen LogP contribution >= 0.6 is 11.6 Å². The number of anilines is 1. The van der Waals surface area contributed by atoms with Gasteiger partial charge in [0.15, 0.2) is 5.71 Å². The Hall–Kier alpha value is -3.41. The number of hydrogen-bond acceptors (Lipinski definition) is 5. The van der Waals surface area contributed by atoms with Gasteiger partial charge in [-0.25, -0.2) is 13.6 Å². The number of hydrogen-bond donors (Lipinski definition) is 1. The van der Waals surface area contributed by atoms with Crippen LogP contribution in [0.1, 0.15) is 11.3 Å². The van der Waals surface area contributed by atoms with E-state index in [1.807, 2.05) is 0 Å². The van der Waals surface area contributed by atoms with Crippen LogP contribution in [0.25, 0.3) is 17.4 Å². The summed E-state index contributed by atoms with van der Waals surface area (Å²) in [6.07, 6.45) is -3.98. The molecule has 0 saturated carbocycles. The second kappa shape index (κ2) is 8.42. The minimum Gasteiger partial charge on any atom is -0.457 e. The van der Waals surface area contributed by atoms with Crippen molar-refractivity contribution in [2.24, 2.45) is 10.2 Å². The Bertz CT molecular complexity index is 1460. The number of nitrogens with zero attached hydrogens (tertiary/aromatic N) is 2. The summed E-state index contributed by atoms with van der Waals surface area (Å²) >= 11 is 6.12. The molecule has 2 N–H and O–H groups in total. The van der Waals surface area contributed by atoms with Crippen molar-refractivity contribution >= 4 is 45.0 Å². The molecule has 0 bridgehead atoms. The number of carbonyl (C=O) groups excluding carboxylic acids is 1. The number of alkyl halides is 3. The Morgan fingerprint density at radius 2 is 1.76 bits per heavy atom. The first-order chi connectivity index (χ1) is 15.9. The third-order valence-electron chi connectivity index (χ3n) is 5.00. The fourth-order valence-electron chi connectivity index (χ4n) is 3.30. The molecule has 0 atom stereocenters. The van der Waals surface area contributed by atoms with E-state index in [2.05, 4.69) is 5.10 Å². The van der Waals surface area contributed by atoms with E-state index >= 15 is 0 Å². The van der Waals surface area contributed by atoms with Gasteiger partial charge in [-0.1, -0.05) is 23.7 Å². The van der Waals surface area contributed by atoms with Crippen LogP contribution < -0.4 is 10.1 Å². The van der Waals surface area contributed by atoms with E-state index in [1.54, 1.807) is 31.2 Å². The van der Waals surface area contributed by atoms with Crippen molar-refractivity contribution < 1.29 is 30.8 Å². The molecule has 12 heteroatoms. The maximum Gasteiger partial charge on any atom is 0.435 e. The maximum absolute atomic E-state index is 13.7. The molecule has 4 rings (SSSR count). The largest absolute Gasteiger partial charge is 0.457 e. The van der Waals surface area contributed by atoms with Crippen molar-refractivity contribution in [3.05, 3.63) is 76.5 Å². The first-order valence-electron chi connectivity index (χ1n) is 9.57. The van der Waals surface area contributed by atoms with E-state index in [1.165, 1.54) is 6.07 Å². The summed E-state index contributed by atoms with van der Waals surface area (Å²) in [7, 11) is -4.02. The van der Waals surface area contributed by atoms with E-state index in [-0.39, 0.29) is 16.3 Å². The highest BCUT2D eigenvalue weighted by Crippen LogP contribution is 2.34. The topological polar surface area (TPSA) is 106 Å². The van der Waals surface area contributed by atoms with Crippen molar-refractivity contribution in [2.45, 2.75) is 18.0 Å². The lowest BCUT2D eigenvalue weighted by atomic mass is 10.1. The van der Waals surface area contributed by atoms with Crippen molar-refractivity contribution in [1.82, 2.24) is 0 Å². The lowest BCUT2D eigenvalue weighted by Crippen LogP contribution is -2.25. The van der Waals surface area contributed by atoms with Crippen LogP contribution in [0.15, 0.2) is 74.6 Å². The van der Waals surface area contributed by atoms with Gasteiger partial charge < -0.3 is 4.42 Å². The average Bonchev–Trinajstić information content (AvgIpc) is 3.35. The maximum atomic E-state index is 13.7. The SMILES string of the molecule is Cc1c(Cl)cccc1-c1ccc(C=C2C(=O)N(c3ccc(S(N)(=O)=O)cc3)N=C2C(F)(F)F)o1. The van der Waals surface area contributed by atoms with Crippen molar-refractivity contribution in [3.8, 4) is 11.3 Å². The number of primary sulfonamides is 1. The number of hydrazone groups is 1. The summed E-state index contributed by atoms with van der Waals surface area (Å²) in [5.41, 5.74) is -0.841. The van der Waals surface area contributed by atoms with Gasteiger partial charge in [-0.3, -0.25) is 4.79 Å². The summed E-state index contributed by atoms with van der Waals surface area (Å²) in [6.45, 7) is 1.77. The average molecular weight is 510 g/mol. The second-order valence-electron chi connectivity index (χ2n) is 7.27. The summed E-state index contributed by atoms with van der Waals surface area (Å²) in [5.74, 6) is -0.702. The number of carbonyl (C=O) groups is 1. The van der Waals surface area contributed by atoms with Crippen LogP contribution in [0.4, 0.5) is 18.9 Å². The molecule has 7 nitrogen and oxygen atoms in total. The highest BCUT2D eigenvalue weighted by Gasteiger charge is 2.47. The predicted molar refractivity (Wildman–Crippen MR) is 121 cm³/mol. The molecule has 0 fully saturated rings. The first-order valence-corrected chi connectivity index (χ1v) is 11.5. The van der Waals surface area contributed by atoms with Gasteiger partial charge in [0.05, 0.1) is 16.2 Å². The lowest BCUT2D eigenvalue weighted by Gasteiger charge is -2.11. The van der Waals surface area contributed by atoms with E-state index in [9.17, 15) is 26.4 Å². The molecule has 1 aliphatic heterocycles. The number of benzene rings is 2. The molecular weight excluding hydrogens is 495 g/mol. The Labute approximate surface area is 197 Å². The Morgan fingerprint density at radius 1 is 1.09 bits per heavy atom. The highest BCUT2D eigenvalue weighted by molar-refractivity contribution is 7.89. The molecule has 0 saturated heterocycles. The number of rotatable bonds is 4. The van der Waals surface area contributed by atoms with Gasteiger partial charge in [-0.05, 0) is 61.0 Å². The molecule has 1 aromatic heterocycles. The minimum atomic E-state index is -4.93. The number of furan rings is 1. The summed E-state index contributed by atoms with van der Waals surface area (Å²) < 4.78 is 69.5. The van der Waals surface area contributed by atoms with Crippen LogP contribution in [0.5, 0.6) is 0 Å². The van der Waals surface area contributed by atoms with Gasteiger partial charge in [0.1, 0.15) is 11.5 Å². The number of halogens is 4. The molecule has 0 spiro atoms. The zero-order valence-corrected chi connectivity index (χ0v) is 18.9. The first kappa shape index (κ1) is 23.7. The van der Waals surface area contributed by atoms with Crippen LogP contribution in [0.2, 0.25) is 5.02 Å². The fraction of sp³-hybridized carbons (Fsp3) is 0.0909. The molecule has 3 aromatic rings. The van der Waals surface area contributed by atoms with Crippen molar-refractivity contribution in [1.29, 1.82) is 0 Å². The molecule has 176 valence electrons. The van der Waals surface area contributed by atoms with E-state index in [4.69, 9.17) is 21.2 Å². The molecule has 0 aliphatic carbocycles. The lowest BCUT2D eigenvalue weighted by molar-refractivity contribution is -0.114. The third kappa shape index (κ3) is 4.49. The summed E-state index contributed by atoms with van der Waals surface area (Å²) in [6, 6.07) is 12.5. The molecule has 2 heterocycles. The number of amides is 1. The van der Waals surface area contributed by atoms with E-state index < -0.39 is 33.4 Å². The number of sulfonamides is 1. The monoisotopic (exact) mass is 509 g/mol. The molecule has 0 unspecified atom stereocenters. The van der Waals surface area contributed by atoms with Gasteiger partial charge in [0.25, 0.3) is 5.91 Å². The fourth-order valence-corrected chi connectivity index (χ4v) is 3.99. The summed E-state index contributed by atoms with van der Waals surface area (Å²) in [4.78, 5) is 12.6. The number of nitrogens with two attached hydrogens (primary N) is 1. The Kier molecular flexibility index (Phi) is 5.88. The standard InChI is InChI=1S/C22H15ClF3N3O4S/c1-12-16(3-2-4-18(12)23)19-10-7-14(33-19)11-17-20(22(24,25)26)28-29(21(17)30)13-5-8-15(9-6-13)34(27,31)32/h2-11H,1H3,(H2,27,31,32). The van der Waals surface area contributed by atoms with Crippen LogP contribution in [-0.4, -0.2) is 26.2 Å². The normalized spacial score (nSPS) is 15.8. The molecule has 34 heavy (non-hydrogen) atoms. The Morgan fingerprint density at radius 3 is 2.38 bits per heavy atom. The van der Waals surface area contributed by atoms with E-state index in [0.29, 0.717) is 21.4 Å². The van der Waals surface area contributed by atoms with Crippen molar-refractivity contribution in [2.75, 3.05) is 5.01 Å². The second-order valence-corrected chi connectivity index (χ2v) is 9.24.